The van der Waals surface area contributed by atoms with Crippen molar-refractivity contribution in [3.63, 3.8) is 0 Å². The molecule has 1 N–H and O–H groups in total. The van der Waals surface area contributed by atoms with E-state index in [9.17, 15) is 4.79 Å². The van der Waals surface area contributed by atoms with E-state index in [4.69, 9.17) is 5.11 Å². The van der Waals surface area contributed by atoms with Crippen molar-refractivity contribution >= 4 is 5.78 Å². The molecule has 0 amide bonds. The molecule has 1 aliphatic carbocycles. The fourth-order valence-electron chi connectivity index (χ4n) is 1.16. The molecule has 1 saturated carbocycles. The van der Waals surface area contributed by atoms with Crippen molar-refractivity contribution in [2.75, 3.05) is 7.11 Å². The van der Waals surface area contributed by atoms with E-state index in [0.717, 1.165) is 26.4 Å². The normalized spacial score (nSPS) is 25.1. The van der Waals surface area contributed by atoms with Crippen molar-refractivity contribution in [3.05, 3.63) is 0 Å². The van der Waals surface area contributed by atoms with Crippen LogP contribution >= 0.6 is 0 Å². The van der Waals surface area contributed by atoms with E-state index in [-0.39, 0.29) is 0 Å². The predicted octanol–water partition coefficient (Wildman–Crippen LogP) is 1.37. The van der Waals surface area contributed by atoms with Crippen molar-refractivity contribution < 1.29 is 9.90 Å². The molecule has 1 unspecified atom stereocenters. The van der Waals surface area contributed by atoms with E-state index in [1.165, 1.54) is 6.42 Å². The minimum absolute atomic E-state index is 0.365. The van der Waals surface area contributed by atoms with Gasteiger partial charge in [-0.3, -0.25) is 4.79 Å². The van der Waals surface area contributed by atoms with Gasteiger partial charge in [-0.15, -0.1) is 0 Å². The Bertz CT molecular complexity index is 99.4. The molecule has 0 radical (unpaired) electrons. The van der Waals surface area contributed by atoms with Gasteiger partial charge in [-0.1, -0.05) is 13.3 Å². The number of hydrogen-bond acceptors (Lipinski definition) is 2. The maximum atomic E-state index is 10.8. The highest BCUT2D eigenvalue weighted by molar-refractivity contribution is 5.81. The summed E-state index contributed by atoms with van der Waals surface area (Å²) in [5.74, 6) is 0.833. The Balaban J connectivity index is 0.000000371. The Morgan fingerprint density at radius 3 is 2.30 bits per heavy atom. The Labute approximate surface area is 62.2 Å². The maximum absolute atomic E-state index is 10.8. The summed E-state index contributed by atoms with van der Waals surface area (Å²) in [6.07, 6.45) is 4.34. The first-order valence-electron chi connectivity index (χ1n) is 3.78. The van der Waals surface area contributed by atoms with Gasteiger partial charge in [-0.2, -0.15) is 0 Å². The standard InChI is InChI=1S/C7H12O.CH4O/c1-6-4-2-3-5-7(6)8;1-2/h6H,2-5H2,1H3;2H,1H3. The van der Waals surface area contributed by atoms with E-state index in [1.807, 2.05) is 6.92 Å². The molecule has 60 valence electrons. The molecule has 0 aromatic carbocycles. The quantitative estimate of drug-likeness (QED) is 0.557. The van der Waals surface area contributed by atoms with Crippen LogP contribution in [0, 0.1) is 5.92 Å². The lowest BCUT2D eigenvalue weighted by Crippen LogP contribution is -2.14. The van der Waals surface area contributed by atoms with Gasteiger partial charge in [0.25, 0.3) is 0 Å². The lowest BCUT2D eigenvalue weighted by molar-refractivity contribution is -0.123. The third-order valence-electron chi connectivity index (χ3n) is 1.86. The fraction of sp³-hybridized carbons (Fsp3) is 0.875. The Hall–Kier alpha value is -0.370. The molecule has 1 rings (SSSR count). The third kappa shape index (κ3) is 2.97. The molecule has 0 aromatic rings. The van der Waals surface area contributed by atoms with Gasteiger partial charge in [-0.05, 0) is 12.8 Å². The Morgan fingerprint density at radius 1 is 1.40 bits per heavy atom. The summed E-state index contributed by atoms with van der Waals surface area (Å²) in [5, 5.41) is 7.00. The molecule has 0 spiro atoms. The molecule has 0 aromatic heterocycles. The molecule has 10 heavy (non-hydrogen) atoms. The van der Waals surface area contributed by atoms with Crippen molar-refractivity contribution in [2.24, 2.45) is 5.92 Å². The van der Waals surface area contributed by atoms with Gasteiger partial charge in [0.05, 0.1) is 0 Å². The average molecular weight is 144 g/mol. The van der Waals surface area contributed by atoms with Crippen molar-refractivity contribution in [2.45, 2.75) is 32.6 Å². The molecule has 0 aliphatic heterocycles. The predicted molar refractivity (Wildman–Crippen MR) is 40.8 cm³/mol. The van der Waals surface area contributed by atoms with Crippen molar-refractivity contribution in [3.8, 4) is 0 Å². The summed E-state index contributed by atoms with van der Waals surface area (Å²) in [6, 6.07) is 0. The zero-order valence-corrected chi connectivity index (χ0v) is 6.76. The van der Waals surface area contributed by atoms with Crippen LogP contribution in [0.15, 0.2) is 0 Å². The van der Waals surface area contributed by atoms with Crippen LogP contribution < -0.4 is 0 Å². The van der Waals surface area contributed by atoms with Crippen LogP contribution in [0.2, 0.25) is 0 Å². The number of aliphatic hydroxyl groups is 1. The van der Waals surface area contributed by atoms with Gasteiger partial charge in [0, 0.05) is 19.4 Å². The SMILES string of the molecule is CC1CCCCC1=O.CO. The number of ketones is 1. The minimum Gasteiger partial charge on any atom is -0.400 e. The van der Waals surface area contributed by atoms with Crippen molar-refractivity contribution in [1.82, 2.24) is 0 Å². The second-order valence-corrected chi connectivity index (χ2v) is 2.61. The highest BCUT2D eigenvalue weighted by Crippen LogP contribution is 2.18. The molecule has 0 bridgehead atoms. The van der Waals surface area contributed by atoms with Crippen LogP contribution in [-0.4, -0.2) is 18.0 Å². The molecule has 0 heterocycles. The molecule has 0 saturated heterocycles. The molecule has 1 atom stereocenters. The van der Waals surface area contributed by atoms with E-state index < -0.39 is 0 Å². The fourth-order valence-corrected chi connectivity index (χ4v) is 1.16. The number of rotatable bonds is 0. The average Bonchev–Trinajstić information content (AvgIpc) is 2.00. The summed E-state index contributed by atoms with van der Waals surface area (Å²) in [6.45, 7) is 2.03. The highest BCUT2D eigenvalue weighted by Gasteiger charge is 2.16. The summed E-state index contributed by atoms with van der Waals surface area (Å²) >= 11 is 0. The molecule has 2 heteroatoms. The summed E-state index contributed by atoms with van der Waals surface area (Å²) < 4.78 is 0. The zero-order chi connectivity index (χ0) is 7.98. The van der Waals surface area contributed by atoms with Crippen molar-refractivity contribution in [1.29, 1.82) is 0 Å². The molecule has 1 aliphatic rings. The van der Waals surface area contributed by atoms with Crippen LogP contribution in [0.1, 0.15) is 32.6 Å². The number of hydrogen-bond donors (Lipinski definition) is 1. The largest absolute Gasteiger partial charge is 0.400 e. The van der Waals surface area contributed by atoms with Gasteiger partial charge in [0.2, 0.25) is 0 Å². The molecule has 2 nitrogen and oxygen atoms in total. The topological polar surface area (TPSA) is 37.3 Å². The van der Waals surface area contributed by atoms with Crippen LogP contribution in [0.25, 0.3) is 0 Å². The molecular formula is C8H16O2. The first-order valence-corrected chi connectivity index (χ1v) is 3.78. The second-order valence-electron chi connectivity index (χ2n) is 2.61. The monoisotopic (exact) mass is 144 g/mol. The summed E-state index contributed by atoms with van der Waals surface area (Å²) in [7, 11) is 1.00. The molecular weight excluding hydrogens is 128 g/mol. The highest BCUT2D eigenvalue weighted by atomic mass is 16.2. The minimum atomic E-state index is 0.365. The van der Waals surface area contributed by atoms with E-state index >= 15 is 0 Å². The van der Waals surface area contributed by atoms with E-state index in [0.29, 0.717) is 11.7 Å². The Kier molecular flexibility index (Phi) is 5.22. The van der Waals surface area contributed by atoms with Gasteiger partial charge in [0.15, 0.2) is 0 Å². The van der Waals surface area contributed by atoms with Crippen LogP contribution in [0.4, 0.5) is 0 Å². The lowest BCUT2D eigenvalue weighted by Gasteiger charge is -2.14. The maximum Gasteiger partial charge on any atom is 0.135 e. The second kappa shape index (κ2) is 5.42. The molecule has 1 fully saturated rings. The van der Waals surface area contributed by atoms with Gasteiger partial charge >= 0.3 is 0 Å². The third-order valence-corrected chi connectivity index (χ3v) is 1.86. The van der Waals surface area contributed by atoms with E-state index in [1.54, 1.807) is 0 Å². The zero-order valence-electron chi connectivity index (χ0n) is 6.76. The lowest BCUT2D eigenvalue weighted by atomic mass is 9.90. The number of aliphatic hydroxyl groups excluding tert-OH is 1. The van der Waals surface area contributed by atoms with Gasteiger partial charge in [0.1, 0.15) is 5.78 Å². The van der Waals surface area contributed by atoms with Crippen LogP contribution in [0.5, 0.6) is 0 Å². The Morgan fingerprint density at radius 2 is 2.00 bits per heavy atom. The number of carbonyl (C=O) groups excluding carboxylic acids is 1. The number of Topliss-reactive ketones (excluding diaryl/α,β-unsaturated/α-hetero) is 1. The number of carbonyl (C=O) groups is 1. The van der Waals surface area contributed by atoms with Crippen LogP contribution in [0.3, 0.4) is 0 Å². The van der Waals surface area contributed by atoms with Gasteiger partial charge in [-0.25, -0.2) is 0 Å². The summed E-state index contributed by atoms with van der Waals surface area (Å²) in [4.78, 5) is 10.8. The van der Waals surface area contributed by atoms with Gasteiger partial charge < -0.3 is 5.11 Å². The first-order chi connectivity index (χ1) is 4.80. The first kappa shape index (κ1) is 9.63. The summed E-state index contributed by atoms with van der Waals surface area (Å²) in [5.41, 5.74) is 0. The smallest absolute Gasteiger partial charge is 0.135 e. The van der Waals surface area contributed by atoms with E-state index in [2.05, 4.69) is 0 Å². The van der Waals surface area contributed by atoms with Crippen LogP contribution in [-0.2, 0) is 4.79 Å².